The number of carbonyl (C=O) groups excluding carboxylic acids is 1. The zero-order chi connectivity index (χ0) is 24.7. The van der Waals surface area contributed by atoms with Crippen LogP contribution in [0.25, 0.3) is 0 Å². The van der Waals surface area contributed by atoms with Crippen molar-refractivity contribution in [3.05, 3.63) is 71.1 Å². The molecule has 10 heteroatoms. The molecular formula is C24H27ClN4O4S. The van der Waals surface area contributed by atoms with E-state index in [9.17, 15) is 13.2 Å². The summed E-state index contributed by atoms with van der Waals surface area (Å²) in [5.74, 6) is 0. The van der Waals surface area contributed by atoms with E-state index in [0.29, 0.717) is 29.4 Å². The number of hydrogen-bond acceptors (Lipinski definition) is 5. The number of ether oxygens (including phenoxy) is 1. The fourth-order valence-electron chi connectivity index (χ4n) is 3.74. The van der Waals surface area contributed by atoms with E-state index in [1.54, 1.807) is 52.9 Å². The predicted molar refractivity (Wildman–Crippen MR) is 132 cm³/mol. The Morgan fingerprint density at radius 2 is 1.88 bits per heavy atom. The quantitative estimate of drug-likeness (QED) is 0.502. The monoisotopic (exact) mass is 502 g/mol. The van der Waals surface area contributed by atoms with Crippen molar-refractivity contribution in [2.24, 2.45) is 7.05 Å². The van der Waals surface area contributed by atoms with Gasteiger partial charge in [0.25, 0.3) is 10.0 Å². The molecule has 1 aromatic heterocycles. The van der Waals surface area contributed by atoms with Crippen LogP contribution in [0, 0.1) is 0 Å². The molecule has 2 heterocycles. The van der Waals surface area contributed by atoms with Crippen molar-refractivity contribution in [1.82, 2.24) is 9.55 Å². The molecular weight excluding hydrogens is 476 g/mol. The Morgan fingerprint density at radius 3 is 2.50 bits per heavy atom. The van der Waals surface area contributed by atoms with Crippen LogP contribution < -0.4 is 9.21 Å². The first-order valence-electron chi connectivity index (χ1n) is 10.8. The van der Waals surface area contributed by atoms with Gasteiger partial charge in [-0.15, -0.1) is 0 Å². The standard InChI is InChI=1S/C24H27ClN4O4S/c1-24(2,3)33-23(30)28-12-11-18-7-10-20(13-21(18)28)29(14-17-5-8-19(25)9-6-17)34(31,32)22-15-27(4)16-26-22/h5-10,13,15-16H,11-12,14H2,1-4H3. The number of nitrogens with zero attached hydrogens (tertiary/aromatic N) is 4. The number of hydrogen-bond donors (Lipinski definition) is 0. The number of anilines is 2. The molecule has 0 aliphatic carbocycles. The van der Waals surface area contributed by atoms with Gasteiger partial charge in [0.05, 0.1) is 24.2 Å². The topological polar surface area (TPSA) is 84.7 Å². The maximum atomic E-state index is 13.6. The predicted octanol–water partition coefficient (Wildman–Crippen LogP) is 4.77. The average Bonchev–Trinajstić information content (AvgIpc) is 3.38. The third kappa shape index (κ3) is 5.05. The largest absolute Gasteiger partial charge is 0.443 e. The first-order valence-corrected chi connectivity index (χ1v) is 12.6. The van der Waals surface area contributed by atoms with Crippen molar-refractivity contribution in [3.8, 4) is 0 Å². The Balaban J connectivity index is 1.75. The normalized spacial score (nSPS) is 13.6. The average molecular weight is 503 g/mol. The molecule has 1 amide bonds. The lowest BCUT2D eigenvalue weighted by atomic mass is 10.1. The minimum atomic E-state index is -3.99. The molecule has 8 nitrogen and oxygen atoms in total. The number of sulfonamides is 1. The van der Waals surface area contributed by atoms with E-state index in [-0.39, 0.29) is 11.6 Å². The van der Waals surface area contributed by atoms with Crippen LogP contribution in [0.4, 0.5) is 16.2 Å². The van der Waals surface area contributed by atoms with Gasteiger partial charge in [-0.3, -0.25) is 9.21 Å². The van der Waals surface area contributed by atoms with Gasteiger partial charge in [0.2, 0.25) is 0 Å². The summed E-state index contributed by atoms with van der Waals surface area (Å²) in [6.45, 7) is 5.97. The summed E-state index contributed by atoms with van der Waals surface area (Å²) in [7, 11) is -2.28. The third-order valence-corrected chi connectivity index (χ3v) is 7.25. The van der Waals surface area contributed by atoms with Crippen molar-refractivity contribution >= 4 is 39.1 Å². The van der Waals surface area contributed by atoms with Gasteiger partial charge in [-0.05, 0) is 62.6 Å². The molecule has 0 unspecified atom stereocenters. The highest BCUT2D eigenvalue weighted by molar-refractivity contribution is 7.92. The van der Waals surface area contributed by atoms with Crippen LogP contribution in [-0.2, 0) is 34.8 Å². The minimum Gasteiger partial charge on any atom is -0.443 e. The van der Waals surface area contributed by atoms with Gasteiger partial charge in [0, 0.05) is 24.8 Å². The number of carbonyl (C=O) groups is 1. The van der Waals surface area contributed by atoms with E-state index in [1.165, 1.54) is 16.8 Å². The van der Waals surface area contributed by atoms with Crippen LogP contribution in [0.1, 0.15) is 31.9 Å². The minimum absolute atomic E-state index is 0.0616. The lowest BCUT2D eigenvalue weighted by Crippen LogP contribution is -2.36. The Hall–Kier alpha value is -3.04. The Bertz CT molecular complexity index is 1310. The third-order valence-electron chi connectivity index (χ3n) is 5.34. The first-order chi connectivity index (χ1) is 15.9. The van der Waals surface area contributed by atoms with E-state index in [2.05, 4.69) is 4.98 Å². The number of halogens is 1. The molecule has 180 valence electrons. The molecule has 0 atom stereocenters. The number of aromatic nitrogens is 2. The number of benzene rings is 2. The van der Waals surface area contributed by atoms with Crippen molar-refractivity contribution < 1.29 is 17.9 Å². The smallest absolute Gasteiger partial charge is 0.414 e. The number of fused-ring (bicyclic) bond motifs is 1. The molecule has 34 heavy (non-hydrogen) atoms. The summed E-state index contributed by atoms with van der Waals surface area (Å²) in [5.41, 5.74) is 2.14. The van der Waals surface area contributed by atoms with Gasteiger partial charge < -0.3 is 9.30 Å². The van der Waals surface area contributed by atoms with Crippen LogP contribution in [0.5, 0.6) is 0 Å². The van der Waals surface area contributed by atoms with Gasteiger partial charge in [-0.1, -0.05) is 29.8 Å². The second kappa shape index (κ2) is 8.96. The fraction of sp³-hybridized carbons (Fsp3) is 0.333. The highest BCUT2D eigenvalue weighted by Crippen LogP contribution is 2.35. The molecule has 0 bridgehead atoms. The van der Waals surface area contributed by atoms with Gasteiger partial charge in [0.1, 0.15) is 5.60 Å². The van der Waals surface area contributed by atoms with E-state index >= 15 is 0 Å². The molecule has 1 aliphatic heterocycles. The van der Waals surface area contributed by atoms with Gasteiger partial charge in [-0.2, -0.15) is 8.42 Å². The van der Waals surface area contributed by atoms with Crippen molar-refractivity contribution in [3.63, 3.8) is 0 Å². The molecule has 0 saturated carbocycles. The maximum Gasteiger partial charge on any atom is 0.414 e. The van der Waals surface area contributed by atoms with Gasteiger partial charge in [0.15, 0.2) is 5.03 Å². The molecule has 1 aliphatic rings. The number of amides is 1. The van der Waals surface area contributed by atoms with E-state index in [0.717, 1.165) is 11.1 Å². The molecule has 0 radical (unpaired) electrons. The zero-order valence-electron chi connectivity index (χ0n) is 19.5. The number of aryl methyl sites for hydroxylation is 1. The van der Waals surface area contributed by atoms with E-state index in [1.807, 2.05) is 26.8 Å². The molecule has 2 aromatic carbocycles. The summed E-state index contributed by atoms with van der Waals surface area (Å²) < 4.78 is 35.7. The van der Waals surface area contributed by atoms with Crippen LogP contribution in [0.15, 0.2) is 60.0 Å². The fourth-order valence-corrected chi connectivity index (χ4v) is 5.28. The molecule has 0 spiro atoms. The number of rotatable bonds is 5. The highest BCUT2D eigenvalue weighted by Gasteiger charge is 2.32. The molecule has 0 N–H and O–H groups in total. The van der Waals surface area contributed by atoms with Crippen LogP contribution in [0.2, 0.25) is 5.02 Å². The molecule has 3 aromatic rings. The SMILES string of the molecule is Cn1cnc(S(=O)(=O)N(Cc2ccc(Cl)cc2)c2ccc3c(c2)N(C(=O)OC(C)(C)C)CC3)c1. The second-order valence-electron chi connectivity index (χ2n) is 9.21. The van der Waals surface area contributed by atoms with Crippen molar-refractivity contribution in [1.29, 1.82) is 0 Å². The second-order valence-corrected chi connectivity index (χ2v) is 11.5. The van der Waals surface area contributed by atoms with Crippen molar-refractivity contribution in [2.45, 2.75) is 44.4 Å². The summed E-state index contributed by atoms with van der Waals surface area (Å²) >= 11 is 6.02. The summed E-state index contributed by atoms with van der Waals surface area (Å²) in [4.78, 5) is 18.4. The molecule has 0 saturated heterocycles. The molecule has 4 rings (SSSR count). The Labute approximate surface area is 204 Å². The zero-order valence-corrected chi connectivity index (χ0v) is 21.1. The summed E-state index contributed by atoms with van der Waals surface area (Å²) in [6.07, 6.45) is 3.12. The maximum absolute atomic E-state index is 13.6. The van der Waals surface area contributed by atoms with E-state index in [4.69, 9.17) is 16.3 Å². The van der Waals surface area contributed by atoms with Crippen molar-refractivity contribution in [2.75, 3.05) is 15.7 Å². The van der Waals surface area contributed by atoms with Crippen LogP contribution in [0.3, 0.4) is 0 Å². The van der Waals surface area contributed by atoms with Crippen LogP contribution in [-0.4, -0.2) is 36.2 Å². The van der Waals surface area contributed by atoms with Gasteiger partial charge >= 0.3 is 6.09 Å². The highest BCUT2D eigenvalue weighted by atomic mass is 35.5. The van der Waals surface area contributed by atoms with Crippen LogP contribution >= 0.6 is 11.6 Å². The van der Waals surface area contributed by atoms with Gasteiger partial charge in [-0.25, -0.2) is 9.78 Å². The molecule has 0 fully saturated rings. The lowest BCUT2D eigenvalue weighted by Gasteiger charge is -2.27. The Morgan fingerprint density at radius 1 is 1.18 bits per heavy atom. The number of imidazole rings is 1. The Kier molecular flexibility index (Phi) is 6.35. The summed E-state index contributed by atoms with van der Waals surface area (Å²) in [5, 5.41) is 0.502. The van der Waals surface area contributed by atoms with E-state index < -0.39 is 21.7 Å². The lowest BCUT2D eigenvalue weighted by molar-refractivity contribution is 0.0584. The summed E-state index contributed by atoms with van der Waals surface area (Å²) in [6, 6.07) is 12.3. The first kappa shape index (κ1) is 24.1.